The summed E-state index contributed by atoms with van der Waals surface area (Å²) in [7, 11) is 1.00. The van der Waals surface area contributed by atoms with E-state index >= 15 is 0 Å². The van der Waals surface area contributed by atoms with E-state index in [0.29, 0.717) is 13.0 Å². The van der Waals surface area contributed by atoms with E-state index in [1.807, 2.05) is 0 Å². The van der Waals surface area contributed by atoms with Crippen LogP contribution in [-0.4, -0.2) is 93.8 Å². The van der Waals surface area contributed by atoms with E-state index < -0.39 is 24.2 Å². The zero-order valence-corrected chi connectivity index (χ0v) is 24.9. The Bertz CT molecular complexity index is 513. The van der Waals surface area contributed by atoms with E-state index in [2.05, 4.69) is 30.4 Å². The Hall–Kier alpha value is -1.68. The molecule has 0 aromatic carbocycles. The molecule has 9 nitrogen and oxygen atoms in total. The van der Waals surface area contributed by atoms with Crippen molar-refractivity contribution in [2.45, 2.75) is 91.4 Å². The first-order valence-electron chi connectivity index (χ1n) is 13.6. The zero-order valence-electron chi connectivity index (χ0n) is 24.9. The maximum absolute atomic E-state index is 11.7. The highest BCUT2D eigenvalue weighted by molar-refractivity contribution is 5.81. The standard InChI is InChI=1S/C8H15F3N2O.C6H16N2.C6H15N.C4H5F3O2.CH4O/c9-8(10,11)7(14)13-6-4-2-1-3-5-12;7-5-3-1-2-4-6-8;1-4-7(5-2)6-3;1-2-9-3(8)4(5,6)7;1-2/h1-6,12H2,(H,13,14);1-8H2;4-6H2,1-3H3;2H2,1H3;2H,1H3. The van der Waals surface area contributed by atoms with E-state index in [4.69, 9.17) is 22.3 Å². The van der Waals surface area contributed by atoms with Gasteiger partial charge in [-0.15, -0.1) is 0 Å². The first-order chi connectivity index (χ1) is 18.7. The van der Waals surface area contributed by atoms with Crippen molar-refractivity contribution in [1.29, 1.82) is 0 Å². The summed E-state index contributed by atoms with van der Waals surface area (Å²) in [5, 5.41) is 8.80. The molecule has 8 N–H and O–H groups in total. The topological polar surface area (TPSA) is 157 Å². The van der Waals surface area contributed by atoms with Crippen molar-refractivity contribution in [3.63, 3.8) is 0 Å². The molecule has 0 aliphatic heterocycles. The first kappa shape index (κ1) is 48.1. The summed E-state index contributed by atoms with van der Waals surface area (Å²) in [4.78, 5) is 22.4. The molecule has 0 saturated carbocycles. The van der Waals surface area contributed by atoms with E-state index in [1.54, 1.807) is 5.32 Å². The Morgan fingerprint density at radius 1 is 0.675 bits per heavy atom. The van der Waals surface area contributed by atoms with Crippen molar-refractivity contribution in [2.24, 2.45) is 17.2 Å². The molecule has 0 radical (unpaired) electrons. The Morgan fingerprint density at radius 3 is 1.23 bits per heavy atom. The summed E-state index contributed by atoms with van der Waals surface area (Å²) < 4.78 is 72.1. The van der Waals surface area contributed by atoms with Crippen LogP contribution in [0.1, 0.15) is 79.1 Å². The Labute approximate surface area is 236 Å². The third-order valence-corrected chi connectivity index (χ3v) is 4.68. The monoisotopic (exact) mass is 603 g/mol. The van der Waals surface area contributed by atoms with Gasteiger partial charge in [-0.3, -0.25) is 4.79 Å². The number of aliphatic hydroxyl groups excluding tert-OH is 1. The minimum absolute atomic E-state index is 0.0723. The third-order valence-electron chi connectivity index (χ3n) is 4.68. The SMILES string of the molecule is CCN(CC)CC.CCOC(=O)C(F)(F)F.CO.NCCCCCCN.NCCCCCCNC(=O)C(F)(F)F. The second kappa shape index (κ2) is 35.3. The highest BCUT2D eigenvalue weighted by atomic mass is 19.4. The van der Waals surface area contributed by atoms with Gasteiger partial charge in [-0.2, -0.15) is 26.3 Å². The highest BCUT2D eigenvalue weighted by Gasteiger charge is 2.40. The van der Waals surface area contributed by atoms with E-state index in [1.165, 1.54) is 39.4 Å². The van der Waals surface area contributed by atoms with Gasteiger partial charge in [0.25, 0.3) is 0 Å². The molecular weight excluding hydrogens is 548 g/mol. The highest BCUT2D eigenvalue weighted by Crippen LogP contribution is 2.16. The van der Waals surface area contributed by atoms with Crippen LogP contribution in [0.25, 0.3) is 0 Å². The normalized spacial score (nSPS) is 10.4. The maximum Gasteiger partial charge on any atom is 0.490 e. The summed E-state index contributed by atoms with van der Waals surface area (Å²) >= 11 is 0. The second-order valence-corrected chi connectivity index (χ2v) is 7.79. The number of unbranched alkanes of at least 4 members (excludes halogenated alkanes) is 6. The minimum atomic E-state index is -4.85. The molecule has 0 aromatic heterocycles. The van der Waals surface area contributed by atoms with Crippen LogP contribution in [0.15, 0.2) is 0 Å². The number of alkyl halides is 6. The first-order valence-corrected chi connectivity index (χ1v) is 13.6. The van der Waals surface area contributed by atoms with Gasteiger partial charge in [-0.05, 0) is 71.9 Å². The Morgan fingerprint density at radius 2 is 1.02 bits per heavy atom. The van der Waals surface area contributed by atoms with Gasteiger partial charge in [0.15, 0.2) is 0 Å². The summed E-state index contributed by atoms with van der Waals surface area (Å²) in [5.74, 6) is -4.00. The molecule has 0 aromatic rings. The number of esters is 1. The molecule has 0 heterocycles. The molecule has 40 heavy (non-hydrogen) atoms. The van der Waals surface area contributed by atoms with Crippen LogP contribution in [0.2, 0.25) is 0 Å². The molecule has 0 rings (SSSR count). The smallest absolute Gasteiger partial charge is 0.459 e. The fraction of sp³-hybridized carbons (Fsp3) is 0.920. The maximum atomic E-state index is 11.7. The van der Waals surface area contributed by atoms with Gasteiger partial charge >= 0.3 is 24.2 Å². The lowest BCUT2D eigenvalue weighted by molar-refractivity contribution is -0.199. The summed E-state index contributed by atoms with van der Waals surface area (Å²) in [5.41, 5.74) is 15.8. The van der Waals surface area contributed by atoms with Crippen molar-refractivity contribution in [3.05, 3.63) is 0 Å². The number of ether oxygens (including phenoxy) is 1. The predicted molar refractivity (Wildman–Crippen MR) is 147 cm³/mol. The number of nitrogens with two attached hydrogens (primary N) is 3. The fourth-order valence-electron chi connectivity index (χ4n) is 2.45. The summed E-state index contributed by atoms with van der Waals surface area (Å²) in [6.07, 6.45) is -1.72. The zero-order chi connectivity index (χ0) is 32.5. The van der Waals surface area contributed by atoms with Crippen LogP contribution >= 0.6 is 0 Å². The molecule has 0 bridgehead atoms. The number of carbonyl (C=O) groups excluding carboxylic acids is 2. The Balaban J connectivity index is -0.000000138. The molecule has 15 heteroatoms. The summed E-state index contributed by atoms with van der Waals surface area (Å²) in [6.45, 7) is 13.5. The van der Waals surface area contributed by atoms with Crippen molar-refractivity contribution in [2.75, 3.05) is 59.5 Å². The van der Waals surface area contributed by atoms with Gasteiger partial charge < -0.3 is 37.3 Å². The van der Waals surface area contributed by atoms with Crippen molar-refractivity contribution in [1.82, 2.24) is 10.2 Å². The van der Waals surface area contributed by atoms with Gasteiger partial charge in [0.05, 0.1) is 6.61 Å². The molecule has 1 amide bonds. The lowest BCUT2D eigenvalue weighted by atomic mass is 10.2. The van der Waals surface area contributed by atoms with Crippen LogP contribution in [0.4, 0.5) is 26.3 Å². The number of hydrogen-bond acceptors (Lipinski definition) is 8. The molecular formula is C25H55F6N5O4. The lowest BCUT2D eigenvalue weighted by Crippen LogP contribution is -2.37. The van der Waals surface area contributed by atoms with E-state index in [9.17, 15) is 35.9 Å². The second-order valence-electron chi connectivity index (χ2n) is 7.79. The molecule has 0 unspecified atom stereocenters. The largest absolute Gasteiger partial charge is 0.490 e. The number of aliphatic hydroxyl groups is 1. The van der Waals surface area contributed by atoms with Crippen LogP contribution < -0.4 is 22.5 Å². The van der Waals surface area contributed by atoms with Crippen LogP contribution in [0.3, 0.4) is 0 Å². The van der Waals surface area contributed by atoms with Gasteiger partial charge in [0.1, 0.15) is 0 Å². The van der Waals surface area contributed by atoms with Crippen molar-refractivity contribution < 1.29 is 45.8 Å². The minimum Gasteiger partial charge on any atom is -0.459 e. The van der Waals surface area contributed by atoms with Gasteiger partial charge in [-0.1, -0.05) is 46.5 Å². The fourth-order valence-corrected chi connectivity index (χ4v) is 2.45. The number of amides is 1. The van der Waals surface area contributed by atoms with Gasteiger partial charge in [-0.25, -0.2) is 4.79 Å². The average molecular weight is 604 g/mol. The number of nitrogens with zero attached hydrogens (tertiary/aromatic N) is 1. The van der Waals surface area contributed by atoms with Crippen LogP contribution in [-0.2, 0) is 14.3 Å². The number of carbonyl (C=O) groups is 2. The lowest BCUT2D eigenvalue weighted by Gasteiger charge is -2.13. The molecule has 0 fully saturated rings. The van der Waals surface area contributed by atoms with Crippen LogP contribution in [0, 0.1) is 0 Å². The van der Waals surface area contributed by atoms with E-state index in [-0.39, 0.29) is 13.2 Å². The summed E-state index contributed by atoms with van der Waals surface area (Å²) in [6, 6.07) is 0. The number of halogens is 6. The molecule has 0 atom stereocenters. The van der Waals surface area contributed by atoms with Crippen LogP contribution in [0.5, 0.6) is 0 Å². The Kier molecular flexibility index (Phi) is 42.5. The number of hydrogen-bond donors (Lipinski definition) is 5. The van der Waals surface area contributed by atoms with E-state index in [0.717, 1.165) is 52.3 Å². The molecule has 246 valence electrons. The third kappa shape index (κ3) is 43.4. The molecule has 0 spiro atoms. The molecule has 0 aliphatic carbocycles. The molecule has 0 saturated heterocycles. The number of nitrogens with one attached hydrogen (secondary N) is 1. The molecule has 0 aliphatic rings. The predicted octanol–water partition coefficient (Wildman–Crippen LogP) is 3.72. The van der Waals surface area contributed by atoms with Crippen molar-refractivity contribution in [3.8, 4) is 0 Å². The van der Waals surface area contributed by atoms with Crippen molar-refractivity contribution >= 4 is 11.9 Å². The quantitative estimate of drug-likeness (QED) is 0.108. The average Bonchev–Trinajstić information content (AvgIpc) is 2.91. The van der Waals surface area contributed by atoms with Gasteiger partial charge in [0, 0.05) is 13.7 Å². The number of rotatable bonds is 15. The van der Waals surface area contributed by atoms with Gasteiger partial charge in [0.2, 0.25) is 0 Å².